The van der Waals surface area contributed by atoms with Crippen molar-refractivity contribution in [3.63, 3.8) is 0 Å². The summed E-state index contributed by atoms with van der Waals surface area (Å²) in [6, 6.07) is 13.0. The third-order valence-electron chi connectivity index (χ3n) is 4.12. The van der Waals surface area contributed by atoms with Crippen molar-refractivity contribution in [1.82, 2.24) is 5.32 Å². The predicted molar refractivity (Wildman–Crippen MR) is 93.9 cm³/mol. The zero-order chi connectivity index (χ0) is 17.8. The van der Waals surface area contributed by atoms with E-state index >= 15 is 0 Å². The Kier molecular flexibility index (Phi) is 4.88. The van der Waals surface area contributed by atoms with Gasteiger partial charge in [-0.1, -0.05) is 18.2 Å². The predicted octanol–water partition coefficient (Wildman–Crippen LogP) is 1.91. The molecule has 0 unspecified atom stereocenters. The highest BCUT2D eigenvalue weighted by atomic mass is 16.5. The van der Waals surface area contributed by atoms with Crippen molar-refractivity contribution < 1.29 is 19.1 Å². The Hall–Kier alpha value is -3.02. The lowest BCUT2D eigenvalue weighted by molar-refractivity contribution is -0.121. The van der Waals surface area contributed by atoms with E-state index in [4.69, 9.17) is 9.47 Å². The zero-order valence-corrected chi connectivity index (χ0v) is 14.2. The highest BCUT2D eigenvalue weighted by Crippen LogP contribution is 2.31. The molecule has 2 aromatic carbocycles. The van der Waals surface area contributed by atoms with Crippen LogP contribution in [0.5, 0.6) is 11.5 Å². The van der Waals surface area contributed by atoms with Crippen LogP contribution in [0.3, 0.4) is 0 Å². The van der Waals surface area contributed by atoms with Crippen molar-refractivity contribution in [2.24, 2.45) is 0 Å². The first kappa shape index (κ1) is 16.8. The van der Waals surface area contributed by atoms with Crippen molar-refractivity contribution in [3.05, 3.63) is 53.6 Å². The van der Waals surface area contributed by atoms with Gasteiger partial charge in [0.1, 0.15) is 11.5 Å². The molecule has 1 aliphatic heterocycles. The van der Waals surface area contributed by atoms with Gasteiger partial charge in [0, 0.05) is 13.6 Å². The minimum atomic E-state index is -0.0896. The number of amides is 2. The number of carbonyl (C=O) groups is 2. The van der Waals surface area contributed by atoms with Gasteiger partial charge in [0.15, 0.2) is 6.61 Å². The van der Waals surface area contributed by atoms with Crippen molar-refractivity contribution in [2.45, 2.75) is 13.0 Å². The molecule has 1 N–H and O–H groups in total. The first-order valence-electron chi connectivity index (χ1n) is 7.99. The Bertz CT molecular complexity index is 787. The quantitative estimate of drug-likeness (QED) is 0.903. The fourth-order valence-electron chi connectivity index (χ4n) is 2.62. The summed E-state index contributed by atoms with van der Waals surface area (Å²) in [7, 11) is 3.33. The van der Waals surface area contributed by atoms with Gasteiger partial charge in [0.25, 0.3) is 5.91 Å². The molecule has 130 valence electrons. The summed E-state index contributed by atoms with van der Waals surface area (Å²) in [5.41, 5.74) is 2.55. The number of benzene rings is 2. The van der Waals surface area contributed by atoms with E-state index in [9.17, 15) is 9.59 Å². The largest absolute Gasteiger partial charge is 0.497 e. The number of likely N-dealkylation sites (N-methyl/N-ethyl adjacent to an activating group) is 1. The molecule has 0 saturated carbocycles. The molecule has 2 aromatic rings. The Morgan fingerprint density at radius 3 is 2.64 bits per heavy atom. The van der Waals surface area contributed by atoms with Gasteiger partial charge in [0.05, 0.1) is 19.2 Å². The lowest BCUT2D eigenvalue weighted by atomic mass is 10.1. The number of nitrogens with zero attached hydrogens (tertiary/aromatic N) is 1. The van der Waals surface area contributed by atoms with Gasteiger partial charge in [-0.05, 0) is 35.4 Å². The van der Waals surface area contributed by atoms with Gasteiger partial charge >= 0.3 is 0 Å². The molecule has 0 bridgehead atoms. The van der Waals surface area contributed by atoms with Crippen LogP contribution in [0, 0.1) is 0 Å². The Morgan fingerprint density at radius 2 is 1.92 bits per heavy atom. The van der Waals surface area contributed by atoms with Crippen LogP contribution in [0.15, 0.2) is 42.5 Å². The topological polar surface area (TPSA) is 67.9 Å². The standard InChI is InChI=1S/C19H20N2O4/c1-21-16-9-14(5-8-17(16)25-12-19(21)23)11-20-18(22)10-13-3-6-15(24-2)7-4-13/h3-9H,10-12H2,1-2H3,(H,20,22). The molecule has 0 atom stereocenters. The Balaban J connectivity index is 1.59. The molecular formula is C19H20N2O4. The summed E-state index contributed by atoms with van der Waals surface area (Å²) in [6.07, 6.45) is 0.302. The summed E-state index contributed by atoms with van der Waals surface area (Å²) in [6.45, 7) is 0.450. The summed E-state index contributed by atoms with van der Waals surface area (Å²) < 4.78 is 10.5. The number of hydrogen-bond acceptors (Lipinski definition) is 4. The third-order valence-corrected chi connectivity index (χ3v) is 4.12. The molecule has 0 aliphatic carbocycles. The van der Waals surface area contributed by atoms with Gasteiger partial charge in [-0.2, -0.15) is 0 Å². The van der Waals surface area contributed by atoms with Gasteiger partial charge in [-0.15, -0.1) is 0 Å². The van der Waals surface area contributed by atoms with E-state index in [-0.39, 0.29) is 18.4 Å². The number of rotatable bonds is 5. The van der Waals surface area contributed by atoms with Gasteiger partial charge in [0.2, 0.25) is 5.91 Å². The Morgan fingerprint density at radius 1 is 1.20 bits per heavy atom. The first-order valence-corrected chi connectivity index (χ1v) is 7.99. The van der Waals surface area contributed by atoms with E-state index in [1.807, 2.05) is 42.5 Å². The minimum Gasteiger partial charge on any atom is -0.497 e. The summed E-state index contributed by atoms with van der Waals surface area (Å²) in [5.74, 6) is 1.28. The second kappa shape index (κ2) is 7.25. The van der Waals surface area contributed by atoms with Crippen molar-refractivity contribution in [2.75, 3.05) is 25.7 Å². The highest BCUT2D eigenvalue weighted by molar-refractivity contribution is 5.97. The average Bonchev–Trinajstić information content (AvgIpc) is 2.64. The second-order valence-corrected chi connectivity index (χ2v) is 5.85. The number of nitrogens with one attached hydrogen (secondary N) is 1. The van der Waals surface area contributed by atoms with Crippen LogP contribution in [-0.4, -0.2) is 32.6 Å². The van der Waals surface area contributed by atoms with E-state index in [0.717, 1.165) is 22.6 Å². The average molecular weight is 340 g/mol. The molecule has 0 saturated heterocycles. The third kappa shape index (κ3) is 3.91. The van der Waals surface area contributed by atoms with Crippen LogP contribution in [0.4, 0.5) is 5.69 Å². The number of hydrogen-bond donors (Lipinski definition) is 1. The molecule has 0 radical (unpaired) electrons. The van der Waals surface area contributed by atoms with E-state index in [1.165, 1.54) is 0 Å². The van der Waals surface area contributed by atoms with Gasteiger partial charge in [-0.25, -0.2) is 0 Å². The molecule has 25 heavy (non-hydrogen) atoms. The molecule has 0 spiro atoms. The van der Waals surface area contributed by atoms with E-state index in [1.54, 1.807) is 19.1 Å². The van der Waals surface area contributed by atoms with Crippen LogP contribution in [0.2, 0.25) is 0 Å². The number of fused-ring (bicyclic) bond motifs is 1. The van der Waals surface area contributed by atoms with Crippen molar-refractivity contribution in [3.8, 4) is 11.5 Å². The summed E-state index contributed by atoms with van der Waals surface area (Å²) in [4.78, 5) is 25.4. The molecule has 3 rings (SSSR count). The summed E-state index contributed by atoms with van der Waals surface area (Å²) in [5, 5.41) is 2.89. The van der Waals surface area contributed by atoms with Gasteiger partial charge < -0.3 is 19.7 Å². The minimum absolute atomic E-state index is 0.0570. The van der Waals surface area contributed by atoms with Crippen LogP contribution in [0.25, 0.3) is 0 Å². The molecule has 1 aliphatic rings. The molecule has 6 heteroatoms. The van der Waals surface area contributed by atoms with Crippen molar-refractivity contribution >= 4 is 17.5 Å². The SMILES string of the molecule is COc1ccc(CC(=O)NCc2ccc3c(c2)N(C)C(=O)CO3)cc1. The number of ether oxygens (including phenoxy) is 2. The van der Waals surface area contributed by atoms with E-state index in [2.05, 4.69) is 5.32 Å². The van der Waals surface area contributed by atoms with Crippen LogP contribution >= 0.6 is 0 Å². The lowest BCUT2D eigenvalue weighted by Gasteiger charge is -2.26. The van der Waals surface area contributed by atoms with E-state index in [0.29, 0.717) is 18.7 Å². The molecule has 2 amide bonds. The number of methoxy groups -OCH3 is 1. The normalized spacial score (nSPS) is 13.0. The molecular weight excluding hydrogens is 320 g/mol. The maximum Gasteiger partial charge on any atom is 0.264 e. The maximum absolute atomic E-state index is 12.1. The molecule has 6 nitrogen and oxygen atoms in total. The molecule has 0 aromatic heterocycles. The monoisotopic (exact) mass is 340 g/mol. The molecule has 0 fully saturated rings. The zero-order valence-electron chi connectivity index (χ0n) is 14.2. The van der Waals surface area contributed by atoms with Gasteiger partial charge in [-0.3, -0.25) is 9.59 Å². The van der Waals surface area contributed by atoms with Crippen LogP contribution in [-0.2, 0) is 22.6 Å². The smallest absolute Gasteiger partial charge is 0.264 e. The first-order chi connectivity index (χ1) is 12.1. The van der Waals surface area contributed by atoms with Crippen LogP contribution in [0.1, 0.15) is 11.1 Å². The number of carbonyl (C=O) groups excluding carboxylic acids is 2. The number of anilines is 1. The fraction of sp³-hybridized carbons (Fsp3) is 0.263. The highest BCUT2D eigenvalue weighted by Gasteiger charge is 2.22. The fourth-order valence-corrected chi connectivity index (χ4v) is 2.62. The maximum atomic E-state index is 12.1. The van der Waals surface area contributed by atoms with E-state index < -0.39 is 0 Å². The Labute approximate surface area is 146 Å². The van der Waals surface area contributed by atoms with Crippen molar-refractivity contribution in [1.29, 1.82) is 0 Å². The lowest BCUT2D eigenvalue weighted by Crippen LogP contribution is -2.35. The second-order valence-electron chi connectivity index (χ2n) is 5.85. The van der Waals surface area contributed by atoms with Crippen LogP contribution < -0.4 is 19.7 Å². The molecule has 1 heterocycles. The summed E-state index contributed by atoms with van der Waals surface area (Å²) >= 11 is 0.